The second-order valence-corrected chi connectivity index (χ2v) is 6.28. The summed E-state index contributed by atoms with van der Waals surface area (Å²) in [6.45, 7) is 2.87. The highest BCUT2D eigenvalue weighted by Crippen LogP contribution is 2.26. The maximum atomic E-state index is 12.4. The lowest BCUT2D eigenvalue weighted by atomic mass is 10.1. The SMILES string of the molecule is Cc1ccc(NC(=O)N2CCC(c3cc(=O)[nH]c(=O)[nH]3)C2)cc1Cl. The summed E-state index contributed by atoms with van der Waals surface area (Å²) in [7, 11) is 0. The number of halogens is 1. The first-order valence-electron chi connectivity index (χ1n) is 7.58. The van der Waals surface area contributed by atoms with Crippen LogP contribution in [0.4, 0.5) is 10.5 Å². The molecule has 1 atom stereocenters. The van der Waals surface area contributed by atoms with E-state index in [-0.39, 0.29) is 11.9 Å². The van der Waals surface area contributed by atoms with Crippen LogP contribution in [0.3, 0.4) is 0 Å². The number of carbonyl (C=O) groups is 1. The van der Waals surface area contributed by atoms with Gasteiger partial charge in [0.1, 0.15) is 0 Å². The number of aromatic nitrogens is 2. The Morgan fingerprint density at radius 3 is 2.79 bits per heavy atom. The third-order valence-corrected chi connectivity index (χ3v) is 4.53. The smallest absolute Gasteiger partial charge is 0.324 e. The first kappa shape index (κ1) is 16.3. The van der Waals surface area contributed by atoms with Crippen LogP contribution in [0.1, 0.15) is 23.6 Å². The first-order chi connectivity index (χ1) is 11.4. The second kappa shape index (κ2) is 6.52. The Morgan fingerprint density at radius 2 is 2.08 bits per heavy atom. The van der Waals surface area contributed by atoms with Crippen molar-refractivity contribution >= 4 is 23.3 Å². The van der Waals surface area contributed by atoms with Gasteiger partial charge in [-0.1, -0.05) is 17.7 Å². The van der Waals surface area contributed by atoms with Gasteiger partial charge in [-0.25, -0.2) is 9.59 Å². The Bertz CT molecular complexity index is 861. The molecule has 0 aliphatic carbocycles. The summed E-state index contributed by atoms with van der Waals surface area (Å²) in [4.78, 5) is 41.5. The number of hydrogen-bond donors (Lipinski definition) is 3. The summed E-state index contributed by atoms with van der Waals surface area (Å²) in [5.41, 5.74) is 1.15. The van der Waals surface area contributed by atoms with E-state index in [1.54, 1.807) is 17.0 Å². The van der Waals surface area contributed by atoms with Gasteiger partial charge in [-0.05, 0) is 31.0 Å². The maximum absolute atomic E-state index is 12.4. The molecule has 0 radical (unpaired) electrons. The third-order valence-electron chi connectivity index (χ3n) is 4.12. The minimum absolute atomic E-state index is 0.0626. The van der Waals surface area contributed by atoms with Crippen LogP contribution in [0.2, 0.25) is 5.02 Å². The van der Waals surface area contributed by atoms with Gasteiger partial charge in [0.15, 0.2) is 0 Å². The summed E-state index contributed by atoms with van der Waals surface area (Å²) in [6.07, 6.45) is 0.682. The molecular formula is C16H17ClN4O3. The molecule has 7 nitrogen and oxygen atoms in total. The van der Waals surface area contributed by atoms with E-state index >= 15 is 0 Å². The number of aryl methyl sites for hydroxylation is 1. The van der Waals surface area contributed by atoms with Gasteiger partial charge in [0.05, 0.1) is 0 Å². The standard InChI is InChI=1S/C16H17ClN4O3/c1-9-2-3-11(6-12(9)17)18-16(24)21-5-4-10(8-21)13-7-14(22)20-15(23)19-13/h2-3,6-7,10H,4-5,8H2,1H3,(H,18,24)(H2,19,20,22,23). The van der Waals surface area contributed by atoms with E-state index in [0.29, 0.717) is 35.9 Å². The average molecular weight is 349 g/mol. The fraction of sp³-hybridized carbons (Fsp3) is 0.312. The van der Waals surface area contributed by atoms with E-state index in [4.69, 9.17) is 11.6 Å². The highest BCUT2D eigenvalue weighted by atomic mass is 35.5. The van der Waals surface area contributed by atoms with Gasteiger partial charge in [0.25, 0.3) is 5.56 Å². The molecule has 1 aliphatic heterocycles. The predicted molar refractivity (Wildman–Crippen MR) is 91.8 cm³/mol. The number of hydrogen-bond acceptors (Lipinski definition) is 3. The Kier molecular flexibility index (Phi) is 4.44. The van der Waals surface area contributed by atoms with Crippen LogP contribution in [-0.2, 0) is 0 Å². The molecule has 8 heteroatoms. The van der Waals surface area contributed by atoms with Gasteiger partial charge >= 0.3 is 11.7 Å². The Balaban J connectivity index is 1.68. The summed E-state index contributed by atoms with van der Waals surface area (Å²) < 4.78 is 0. The minimum atomic E-state index is -0.533. The van der Waals surface area contributed by atoms with Crippen molar-refractivity contribution in [1.82, 2.24) is 14.9 Å². The van der Waals surface area contributed by atoms with Gasteiger partial charge in [0, 0.05) is 41.5 Å². The summed E-state index contributed by atoms with van der Waals surface area (Å²) in [6, 6.07) is 6.47. The first-order valence-corrected chi connectivity index (χ1v) is 7.96. The third kappa shape index (κ3) is 3.51. The number of rotatable bonds is 2. The van der Waals surface area contributed by atoms with Crippen molar-refractivity contribution in [3.63, 3.8) is 0 Å². The van der Waals surface area contributed by atoms with Crippen molar-refractivity contribution in [3.8, 4) is 0 Å². The molecule has 126 valence electrons. The highest BCUT2D eigenvalue weighted by molar-refractivity contribution is 6.31. The Morgan fingerprint density at radius 1 is 1.29 bits per heavy atom. The Labute approximate surface area is 142 Å². The van der Waals surface area contributed by atoms with Crippen LogP contribution in [0.25, 0.3) is 0 Å². The number of anilines is 1. The highest BCUT2D eigenvalue weighted by Gasteiger charge is 2.28. The number of benzene rings is 1. The normalized spacial score (nSPS) is 17.1. The van der Waals surface area contributed by atoms with E-state index < -0.39 is 11.2 Å². The van der Waals surface area contributed by atoms with E-state index in [9.17, 15) is 14.4 Å². The number of urea groups is 1. The molecule has 0 saturated carbocycles. The predicted octanol–water partition coefficient (Wildman–Crippen LogP) is 2.05. The van der Waals surface area contributed by atoms with Crippen molar-refractivity contribution in [3.05, 3.63) is 61.4 Å². The molecular weight excluding hydrogens is 332 g/mol. The van der Waals surface area contributed by atoms with Gasteiger partial charge in [-0.2, -0.15) is 0 Å². The number of nitrogens with zero attached hydrogens (tertiary/aromatic N) is 1. The molecule has 1 saturated heterocycles. The summed E-state index contributed by atoms with van der Waals surface area (Å²) in [5, 5.41) is 3.40. The average Bonchev–Trinajstić information content (AvgIpc) is 3.00. The second-order valence-electron chi connectivity index (χ2n) is 5.87. The van der Waals surface area contributed by atoms with Gasteiger partial charge < -0.3 is 15.2 Å². The molecule has 24 heavy (non-hydrogen) atoms. The van der Waals surface area contributed by atoms with Gasteiger partial charge in [-0.3, -0.25) is 9.78 Å². The van der Waals surface area contributed by atoms with Crippen LogP contribution in [0.5, 0.6) is 0 Å². The van der Waals surface area contributed by atoms with E-state index in [0.717, 1.165) is 5.56 Å². The zero-order chi connectivity index (χ0) is 17.3. The number of aromatic amines is 2. The van der Waals surface area contributed by atoms with E-state index in [1.807, 2.05) is 13.0 Å². The number of carbonyl (C=O) groups excluding carboxylic acids is 1. The molecule has 2 amide bonds. The molecule has 3 rings (SSSR count). The number of amides is 2. The van der Waals surface area contributed by atoms with Crippen LogP contribution < -0.4 is 16.6 Å². The van der Waals surface area contributed by atoms with Crippen LogP contribution >= 0.6 is 11.6 Å². The zero-order valence-corrected chi connectivity index (χ0v) is 13.8. The molecule has 2 heterocycles. The molecule has 1 unspecified atom stereocenters. The topological polar surface area (TPSA) is 98.1 Å². The monoisotopic (exact) mass is 348 g/mol. The summed E-state index contributed by atoms with van der Waals surface area (Å²) >= 11 is 6.06. The van der Waals surface area contributed by atoms with E-state index in [2.05, 4.69) is 15.3 Å². The van der Waals surface area contributed by atoms with Crippen LogP contribution in [0.15, 0.2) is 33.9 Å². The molecule has 0 bridgehead atoms. The lowest BCUT2D eigenvalue weighted by molar-refractivity contribution is 0.222. The number of H-pyrrole nitrogens is 2. The molecule has 1 aliphatic rings. The van der Waals surface area contributed by atoms with Gasteiger partial charge in [-0.15, -0.1) is 0 Å². The molecule has 1 aromatic carbocycles. The largest absolute Gasteiger partial charge is 0.325 e. The lowest BCUT2D eigenvalue weighted by Gasteiger charge is -2.17. The molecule has 1 aromatic heterocycles. The lowest BCUT2D eigenvalue weighted by Crippen LogP contribution is -2.33. The zero-order valence-electron chi connectivity index (χ0n) is 13.1. The van der Waals surface area contributed by atoms with Crippen molar-refractivity contribution in [1.29, 1.82) is 0 Å². The fourth-order valence-corrected chi connectivity index (χ4v) is 2.96. The quantitative estimate of drug-likeness (QED) is 0.774. The van der Waals surface area contributed by atoms with Crippen molar-refractivity contribution in [2.45, 2.75) is 19.3 Å². The molecule has 2 aromatic rings. The Hall–Kier alpha value is -2.54. The molecule has 1 fully saturated rings. The molecule has 0 spiro atoms. The van der Waals surface area contributed by atoms with Crippen molar-refractivity contribution in [2.24, 2.45) is 0 Å². The van der Waals surface area contributed by atoms with E-state index in [1.165, 1.54) is 6.07 Å². The van der Waals surface area contributed by atoms with Crippen molar-refractivity contribution in [2.75, 3.05) is 18.4 Å². The number of nitrogens with one attached hydrogen (secondary N) is 3. The van der Waals surface area contributed by atoms with Crippen LogP contribution in [-0.4, -0.2) is 34.0 Å². The molecule has 3 N–H and O–H groups in total. The minimum Gasteiger partial charge on any atom is -0.324 e. The van der Waals surface area contributed by atoms with Gasteiger partial charge in [0.2, 0.25) is 0 Å². The number of likely N-dealkylation sites (tertiary alicyclic amines) is 1. The summed E-state index contributed by atoms with van der Waals surface area (Å²) in [5.74, 6) is -0.0626. The fourth-order valence-electron chi connectivity index (χ4n) is 2.78. The van der Waals surface area contributed by atoms with Crippen LogP contribution in [0, 0.1) is 6.92 Å². The maximum Gasteiger partial charge on any atom is 0.325 e. The van der Waals surface area contributed by atoms with Crippen molar-refractivity contribution < 1.29 is 4.79 Å².